The molecule has 0 unspecified atom stereocenters. The van der Waals surface area contributed by atoms with Gasteiger partial charge in [-0.05, 0) is 87.2 Å². The maximum atomic E-state index is 13.6. The van der Waals surface area contributed by atoms with Crippen LogP contribution >= 0.6 is 47.0 Å². The molecular weight excluding hydrogens is 549 g/mol. The summed E-state index contributed by atoms with van der Waals surface area (Å²) in [6.07, 6.45) is 11.8. The Balaban J connectivity index is 1.02. The lowest BCUT2D eigenvalue weighted by Gasteiger charge is -2.52. The summed E-state index contributed by atoms with van der Waals surface area (Å²) in [5.41, 5.74) is 1.52. The van der Waals surface area contributed by atoms with Crippen molar-refractivity contribution in [2.75, 3.05) is 33.6 Å². The zero-order valence-electron chi connectivity index (χ0n) is 22.1. The highest BCUT2D eigenvalue weighted by atomic mass is 32.2. The minimum atomic E-state index is 0.0804. The molecule has 2 heterocycles. The maximum absolute atomic E-state index is 13.6. The van der Waals surface area contributed by atoms with Crippen molar-refractivity contribution in [3.05, 3.63) is 24.3 Å². The van der Waals surface area contributed by atoms with Gasteiger partial charge in [-0.25, -0.2) is 0 Å². The van der Waals surface area contributed by atoms with Gasteiger partial charge in [0.05, 0.1) is 19.5 Å². The lowest BCUT2D eigenvalue weighted by molar-refractivity contribution is -0.123. The Labute approximate surface area is 244 Å². The van der Waals surface area contributed by atoms with Gasteiger partial charge >= 0.3 is 0 Å². The Morgan fingerprint density at radius 1 is 0.605 bits per heavy atom. The molecule has 2 N–H and O–H groups in total. The Bertz CT molecular complexity index is 955. The van der Waals surface area contributed by atoms with E-state index in [4.69, 9.17) is 0 Å². The lowest BCUT2D eigenvalue weighted by Crippen LogP contribution is -2.49. The number of anilines is 2. The van der Waals surface area contributed by atoms with E-state index in [1.165, 1.54) is 61.5 Å². The molecule has 2 amide bonds. The standard InChI is InChI=1S/C30H40N2O2S4/c33-27(19-15-21-5-3-6-22(16-19)29(21)35-11-12-36-29)31-25-9-1-2-10-26(25)32-28(34)20-17-23-7-4-8-24(18-20)30(23)37-13-14-38-30/h1-2,9-10,19-24H,3-8,11-18H2,(H,31,33)(H,32,34)/t21-,22-,23+,24+. The number of thioether (sulfide) groups is 4. The van der Waals surface area contributed by atoms with E-state index < -0.39 is 0 Å². The third-order valence-electron chi connectivity index (χ3n) is 10.4. The average molecular weight is 589 g/mol. The number of hydrogen-bond donors (Lipinski definition) is 2. The number of para-hydroxylation sites is 2. The first-order valence-corrected chi connectivity index (χ1v) is 18.8. The van der Waals surface area contributed by atoms with Crippen LogP contribution in [-0.2, 0) is 9.59 Å². The van der Waals surface area contributed by atoms with Crippen molar-refractivity contribution in [1.82, 2.24) is 0 Å². The van der Waals surface area contributed by atoms with E-state index in [0.29, 0.717) is 31.8 Å². The Morgan fingerprint density at radius 3 is 1.29 bits per heavy atom. The molecular formula is C30H40N2O2S4. The minimum Gasteiger partial charge on any atom is -0.324 e. The summed E-state index contributed by atoms with van der Waals surface area (Å²) < 4.78 is 0.764. The fourth-order valence-corrected chi connectivity index (χ4v) is 16.7. The van der Waals surface area contributed by atoms with Crippen LogP contribution in [0.3, 0.4) is 0 Å². The Morgan fingerprint density at radius 2 is 0.947 bits per heavy atom. The summed E-state index contributed by atoms with van der Waals surface area (Å²) in [4.78, 5) is 27.2. The number of carbonyl (C=O) groups excluding carboxylic acids is 2. The molecule has 7 rings (SSSR count). The van der Waals surface area contributed by atoms with E-state index in [9.17, 15) is 9.59 Å². The first-order chi connectivity index (χ1) is 18.6. The first-order valence-electron chi connectivity index (χ1n) is 14.8. The number of nitrogens with one attached hydrogen (secondary N) is 2. The van der Waals surface area contributed by atoms with Gasteiger partial charge in [0.2, 0.25) is 11.8 Å². The maximum Gasteiger partial charge on any atom is 0.227 e. The largest absolute Gasteiger partial charge is 0.324 e. The van der Waals surface area contributed by atoms with E-state index in [2.05, 4.69) is 57.7 Å². The molecule has 4 aliphatic carbocycles. The summed E-state index contributed by atoms with van der Waals surface area (Å²) in [6.45, 7) is 0. The topological polar surface area (TPSA) is 58.2 Å². The molecule has 2 aliphatic heterocycles. The van der Waals surface area contributed by atoms with Crippen LogP contribution in [0.5, 0.6) is 0 Å². The van der Waals surface area contributed by atoms with E-state index in [0.717, 1.165) is 37.1 Å². The molecule has 4 nitrogen and oxygen atoms in total. The fourth-order valence-electron chi connectivity index (χ4n) is 8.82. The van der Waals surface area contributed by atoms with Crippen LogP contribution in [0.25, 0.3) is 0 Å². The minimum absolute atomic E-state index is 0.0804. The summed E-state index contributed by atoms with van der Waals surface area (Å²) in [7, 11) is 0. The predicted molar refractivity (Wildman–Crippen MR) is 166 cm³/mol. The third kappa shape index (κ3) is 4.56. The Kier molecular flexibility index (Phi) is 7.49. The molecule has 206 valence electrons. The number of carbonyl (C=O) groups is 2. The molecule has 4 atom stereocenters. The average Bonchev–Trinajstić information content (AvgIpc) is 3.56. The highest BCUT2D eigenvalue weighted by molar-refractivity contribution is 8.21. The lowest BCUT2D eigenvalue weighted by atomic mass is 9.67. The predicted octanol–water partition coefficient (Wildman–Crippen LogP) is 7.57. The normalized spacial score (nSPS) is 36.7. The molecule has 8 heteroatoms. The van der Waals surface area contributed by atoms with E-state index in [1.54, 1.807) is 0 Å². The van der Waals surface area contributed by atoms with Gasteiger partial charge in [0, 0.05) is 34.8 Å². The van der Waals surface area contributed by atoms with Crippen LogP contribution in [-0.4, -0.2) is 43.0 Å². The second-order valence-electron chi connectivity index (χ2n) is 12.3. The van der Waals surface area contributed by atoms with Crippen molar-refractivity contribution in [2.24, 2.45) is 35.5 Å². The third-order valence-corrected chi connectivity index (χ3v) is 18.5. The molecule has 2 saturated heterocycles. The van der Waals surface area contributed by atoms with Gasteiger partial charge in [0.15, 0.2) is 0 Å². The monoisotopic (exact) mass is 588 g/mol. The number of hydrogen-bond acceptors (Lipinski definition) is 6. The van der Waals surface area contributed by atoms with Crippen molar-refractivity contribution in [2.45, 2.75) is 72.4 Å². The summed E-state index contributed by atoms with van der Waals surface area (Å²) in [5.74, 6) is 8.15. The molecule has 4 bridgehead atoms. The van der Waals surface area contributed by atoms with Crippen LogP contribution in [0.4, 0.5) is 11.4 Å². The van der Waals surface area contributed by atoms with Crippen molar-refractivity contribution in [3.8, 4) is 0 Å². The smallest absolute Gasteiger partial charge is 0.227 e. The number of benzene rings is 1. The second-order valence-corrected chi connectivity index (χ2v) is 18.4. The number of rotatable bonds is 4. The highest BCUT2D eigenvalue weighted by Gasteiger charge is 2.56. The van der Waals surface area contributed by atoms with Crippen molar-refractivity contribution < 1.29 is 9.59 Å². The van der Waals surface area contributed by atoms with Gasteiger partial charge in [-0.3, -0.25) is 9.59 Å². The second kappa shape index (κ2) is 10.8. The van der Waals surface area contributed by atoms with Crippen molar-refractivity contribution in [1.29, 1.82) is 0 Å². The summed E-state index contributed by atoms with van der Waals surface area (Å²) in [5, 5.41) is 6.52. The van der Waals surface area contributed by atoms with Crippen molar-refractivity contribution >= 4 is 70.2 Å². The van der Waals surface area contributed by atoms with Gasteiger partial charge < -0.3 is 10.6 Å². The fraction of sp³-hybridized carbons (Fsp3) is 0.733. The van der Waals surface area contributed by atoms with Crippen LogP contribution in [0, 0.1) is 35.5 Å². The van der Waals surface area contributed by atoms with E-state index in [-0.39, 0.29) is 23.7 Å². The van der Waals surface area contributed by atoms with Crippen LogP contribution in [0.1, 0.15) is 64.2 Å². The molecule has 1 aromatic rings. The van der Waals surface area contributed by atoms with Gasteiger partial charge in [-0.1, -0.05) is 25.0 Å². The molecule has 2 spiro atoms. The summed E-state index contributed by atoms with van der Waals surface area (Å²) in [6, 6.07) is 7.84. The van der Waals surface area contributed by atoms with E-state index in [1.807, 2.05) is 24.3 Å². The van der Waals surface area contributed by atoms with Gasteiger partial charge in [0.25, 0.3) is 0 Å². The van der Waals surface area contributed by atoms with Gasteiger partial charge in [0.1, 0.15) is 0 Å². The first kappa shape index (κ1) is 26.5. The SMILES string of the molecule is O=C(Nc1ccccc1NC(=O)C1C[C@@H]2CCC[C@@H](C1)C21SCCS1)C1C[C@H]2CCC[C@H](C1)C21SCCS1. The van der Waals surface area contributed by atoms with Crippen LogP contribution < -0.4 is 10.6 Å². The van der Waals surface area contributed by atoms with Gasteiger partial charge in [-0.15, -0.1) is 47.0 Å². The van der Waals surface area contributed by atoms with Crippen LogP contribution in [0.2, 0.25) is 0 Å². The summed E-state index contributed by atoms with van der Waals surface area (Å²) >= 11 is 8.77. The number of amides is 2. The van der Waals surface area contributed by atoms with Crippen LogP contribution in [0.15, 0.2) is 24.3 Å². The quantitative estimate of drug-likeness (QED) is 0.378. The zero-order chi connectivity index (χ0) is 25.7. The molecule has 0 aromatic heterocycles. The molecule has 4 saturated carbocycles. The van der Waals surface area contributed by atoms with Crippen molar-refractivity contribution in [3.63, 3.8) is 0 Å². The van der Waals surface area contributed by atoms with Gasteiger partial charge in [-0.2, -0.15) is 0 Å². The highest BCUT2D eigenvalue weighted by Crippen LogP contribution is 2.65. The molecule has 6 aliphatic rings. The molecule has 38 heavy (non-hydrogen) atoms. The van der Waals surface area contributed by atoms with E-state index >= 15 is 0 Å². The molecule has 1 aromatic carbocycles. The Hall–Kier alpha value is -0.440. The molecule has 0 radical (unpaired) electrons. The zero-order valence-corrected chi connectivity index (χ0v) is 25.4. The molecule has 6 fully saturated rings.